The van der Waals surface area contributed by atoms with E-state index in [0.717, 1.165) is 0 Å². The largest absolute Gasteiger partial charge is 0.451 e. The van der Waals surface area contributed by atoms with E-state index in [1.165, 1.54) is 6.07 Å². The van der Waals surface area contributed by atoms with Crippen LogP contribution in [-0.4, -0.2) is 27.2 Å². The Hall–Kier alpha value is -1.61. The van der Waals surface area contributed by atoms with E-state index in [-0.39, 0.29) is 18.2 Å². The molecule has 0 saturated heterocycles. The zero-order valence-corrected chi connectivity index (χ0v) is 9.84. The summed E-state index contributed by atoms with van der Waals surface area (Å²) in [5, 5.41) is 11.7. The van der Waals surface area contributed by atoms with E-state index in [4.69, 9.17) is 10.9 Å². The van der Waals surface area contributed by atoms with Crippen molar-refractivity contribution in [1.82, 2.24) is 9.97 Å². The van der Waals surface area contributed by atoms with Gasteiger partial charge in [-0.05, 0) is 13.8 Å². The number of aromatic nitrogens is 2. The summed E-state index contributed by atoms with van der Waals surface area (Å²) in [6, 6.07) is 1.21. The first-order chi connectivity index (χ1) is 8.18. The van der Waals surface area contributed by atoms with E-state index in [9.17, 15) is 13.2 Å². The number of nitrogen functional groups attached to an aromatic ring is 1. The molecule has 0 radical (unpaired) electrons. The number of hydrazine groups is 1. The van der Waals surface area contributed by atoms with Crippen LogP contribution in [-0.2, 0) is 6.18 Å². The predicted octanol–water partition coefficient (Wildman–Crippen LogP) is 0.964. The van der Waals surface area contributed by atoms with Gasteiger partial charge in [-0.1, -0.05) is 0 Å². The summed E-state index contributed by atoms with van der Waals surface area (Å²) in [5.41, 5.74) is 1.21. The zero-order valence-electron chi connectivity index (χ0n) is 9.84. The molecule has 6 nitrogen and oxygen atoms in total. The Morgan fingerprint density at radius 3 is 2.28 bits per heavy atom. The Labute approximate surface area is 101 Å². The van der Waals surface area contributed by atoms with E-state index in [0.29, 0.717) is 0 Å². The van der Waals surface area contributed by atoms with E-state index >= 15 is 0 Å². The molecule has 0 spiro atoms. The average molecular weight is 265 g/mol. The van der Waals surface area contributed by atoms with Crippen molar-refractivity contribution in [2.45, 2.75) is 25.6 Å². The average Bonchev–Trinajstić information content (AvgIpc) is 2.27. The van der Waals surface area contributed by atoms with Crippen molar-refractivity contribution in [3.8, 4) is 0 Å². The highest BCUT2D eigenvalue weighted by Gasteiger charge is 2.35. The van der Waals surface area contributed by atoms with Gasteiger partial charge in [0.2, 0.25) is 5.82 Å². The van der Waals surface area contributed by atoms with Crippen molar-refractivity contribution in [2.75, 3.05) is 17.3 Å². The van der Waals surface area contributed by atoms with Crippen LogP contribution in [0.2, 0.25) is 0 Å². The number of alkyl halides is 3. The lowest BCUT2D eigenvalue weighted by Crippen LogP contribution is -2.35. The molecule has 0 saturated carbocycles. The topological polar surface area (TPSA) is 96.1 Å². The molecule has 1 rings (SSSR count). The highest BCUT2D eigenvalue weighted by Crippen LogP contribution is 2.28. The SMILES string of the molecule is CC(C)(CO)Nc1cc(NN)nc(C(F)(F)F)n1. The van der Waals surface area contributed by atoms with Crippen molar-refractivity contribution in [3.05, 3.63) is 11.9 Å². The van der Waals surface area contributed by atoms with Gasteiger partial charge in [0.05, 0.1) is 12.1 Å². The van der Waals surface area contributed by atoms with Crippen molar-refractivity contribution < 1.29 is 18.3 Å². The first kappa shape index (κ1) is 14.5. The van der Waals surface area contributed by atoms with Crippen LogP contribution in [0.25, 0.3) is 0 Å². The van der Waals surface area contributed by atoms with Crippen LogP contribution in [0.3, 0.4) is 0 Å². The quantitative estimate of drug-likeness (QED) is 0.478. The maximum atomic E-state index is 12.5. The number of aliphatic hydroxyl groups excluding tert-OH is 1. The number of aliphatic hydroxyl groups is 1. The second-order valence-corrected chi connectivity index (χ2v) is 4.27. The van der Waals surface area contributed by atoms with Gasteiger partial charge in [0, 0.05) is 6.07 Å². The number of nitrogens with two attached hydrogens (primary N) is 1. The molecule has 9 heteroatoms. The summed E-state index contributed by atoms with van der Waals surface area (Å²) in [5.74, 6) is 3.48. The fourth-order valence-corrected chi connectivity index (χ4v) is 1.10. The van der Waals surface area contributed by atoms with Crippen LogP contribution in [0.15, 0.2) is 6.07 Å². The molecule has 0 aliphatic carbocycles. The summed E-state index contributed by atoms with van der Waals surface area (Å²) in [4.78, 5) is 6.54. The van der Waals surface area contributed by atoms with Crippen LogP contribution in [0.5, 0.6) is 0 Å². The molecule has 0 aromatic carbocycles. The third-order valence-corrected chi connectivity index (χ3v) is 1.99. The van der Waals surface area contributed by atoms with Gasteiger partial charge in [0.15, 0.2) is 0 Å². The van der Waals surface area contributed by atoms with Gasteiger partial charge in [-0.25, -0.2) is 15.8 Å². The lowest BCUT2D eigenvalue weighted by atomic mass is 10.1. The summed E-state index contributed by atoms with van der Waals surface area (Å²) >= 11 is 0. The van der Waals surface area contributed by atoms with E-state index < -0.39 is 17.5 Å². The number of rotatable bonds is 4. The smallest absolute Gasteiger partial charge is 0.394 e. The highest BCUT2D eigenvalue weighted by molar-refractivity contribution is 5.48. The summed E-state index contributed by atoms with van der Waals surface area (Å²) in [6.07, 6.45) is -4.67. The Morgan fingerprint density at radius 2 is 1.83 bits per heavy atom. The molecule has 0 bridgehead atoms. The lowest BCUT2D eigenvalue weighted by molar-refractivity contribution is -0.144. The van der Waals surface area contributed by atoms with Crippen molar-refractivity contribution in [3.63, 3.8) is 0 Å². The molecule has 0 fully saturated rings. The molecule has 1 heterocycles. The molecule has 0 aliphatic heterocycles. The van der Waals surface area contributed by atoms with Crippen LogP contribution >= 0.6 is 0 Å². The van der Waals surface area contributed by atoms with Gasteiger partial charge < -0.3 is 15.8 Å². The standard InChI is InChI=1S/C9H14F3N5O/c1-8(2,4-18)16-5-3-6(17-13)15-7(14-5)9(10,11)12/h3,18H,4,13H2,1-2H3,(H2,14,15,16,17). The Kier molecular flexibility index (Phi) is 3.97. The van der Waals surface area contributed by atoms with Crippen LogP contribution in [0.4, 0.5) is 24.8 Å². The first-order valence-corrected chi connectivity index (χ1v) is 5.00. The molecule has 0 amide bonds. The van der Waals surface area contributed by atoms with E-state index in [1.807, 2.05) is 5.43 Å². The van der Waals surface area contributed by atoms with Gasteiger partial charge in [-0.15, -0.1) is 0 Å². The molecule has 0 atom stereocenters. The fourth-order valence-electron chi connectivity index (χ4n) is 1.10. The molecule has 0 aliphatic rings. The molecule has 1 aromatic heterocycles. The first-order valence-electron chi connectivity index (χ1n) is 5.00. The van der Waals surface area contributed by atoms with Crippen molar-refractivity contribution in [2.24, 2.45) is 5.84 Å². The maximum Gasteiger partial charge on any atom is 0.451 e. The molecule has 102 valence electrons. The Balaban J connectivity index is 3.13. The van der Waals surface area contributed by atoms with Gasteiger partial charge in [0.25, 0.3) is 0 Å². The van der Waals surface area contributed by atoms with Crippen LogP contribution in [0, 0.1) is 0 Å². The molecule has 1 aromatic rings. The molecule has 0 unspecified atom stereocenters. The minimum absolute atomic E-state index is 0.0793. The molecular formula is C9H14F3N5O. The van der Waals surface area contributed by atoms with Crippen molar-refractivity contribution >= 4 is 11.6 Å². The minimum Gasteiger partial charge on any atom is -0.394 e. The minimum atomic E-state index is -4.67. The monoisotopic (exact) mass is 265 g/mol. The maximum absolute atomic E-state index is 12.5. The number of anilines is 2. The third-order valence-electron chi connectivity index (χ3n) is 1.99. The number of hydrogen-bond donors (Lipinski definition) is 4. The fraction of sp³-hybridized carbons (Fsp3) is 0.556. The highest BCUT2D eigenvalue weighted by atomic mass is 19.4. The third kappa shape index (κ3) is 3.70. The van der Waals surface area contributed by atoms with Crippen molar-refractivity contribution in [1.29, 1.82) is 0 Å². The van der Waals surface area contributed by atoms with Gasteiger partial charge in [0.1, 0.15) is 11.6 Å². The Morgan fingerprint density at radius 1 is 1.28 bits per heavy atom. The van der Waals surface area contributed by atoms with Crippen LogP contribution < -0.4 is 16.6 Å². The molecular weight excluding hydrogens is 251 g/mol. The predicted molar refractivity (Wildman–Crippen MR) is 59.6 cm³/mol. The molecule has 5 N–H and O–H groups in total. The van der Waals surface area contributed by atoms with Gasteiger partial charge >= 0.3 is 6.18 Å². The summed E-state index contributed by atoms with van der Waals surface area (Å²) in [7, 11) is 0. The van der Waals surface area contributed by atoms with Crippen LogP contribution in [0.1, 0.15) is 19.7 Å². The number of halogens is 3. The number of hydrogen-bond acceptors (Lipinski definition) is 6. The van der Waals surface area contributed by atoms with E-state index in [1.54, 1.807) is 13.8 Å². The normalized spacial score (nSPS) is 12.4. The second-order valence-electron chi connectivity index (χ2n) is 4.27. The summed E-state index contributed by atoms with van der Waals surface area (Å²) in [6.45, 7) is 2.94. The zero-order chi connectivity index (χ0) is 14.0. The number of nitrogens with one attached hydrogen (secondary N) is 2. The summed E-state index contributed by atoms with van der Waals surface area (Å²) < 4.78 is 37.6. The van der Waals surface area contributed by atoms with Gasteiger partial charge in [-0.3, -0.25) is 0 Å². The molecule has 18 heavy (non-hydrogen) atoms. The second kappa shape index (κ2) is 4.94. The lowest BCUT2D eigenvalue weighted by Gasteiger charge is -2.24. The van der Waals surface area contributed by atoms with E-state index in [2.05, 4.69) is 15.3 Å². The van der Waals surface area contributed by atoms with Gasteiger partial charge in [-0.2, -0.15) is 13.2 Å². The Bertz CT molecular complexity index is 421. The number of nitrogens with zero attached hydrogens (tertiary/aromatic N) is 2.